The molecule has 0 radical (unpaired) electrons. The number of allylic oxidation sites excluding steroid dienone is 2. The Balaban J connectivity index is 1.93. The third kappa shape index (κ3) is 6.47. The molecule has 1 rings (SSSR count). The van der Waals surface area contributed by atoms with Gasteiger partial charge in [0, 0.05) is 19.6 Å². The maximum Gasteiger partial charge on any atom is 0.303 e. The summed E-state index contributed by atoms with van der Waals surface area (Å²) in [6, 6.07) is 0. The summed E-state index contributed by atoms with van der Waals surface area (Å²) in [7, 11) is 0. The molecule has 1 aliphatic carbocycles. The van der Waals surface area contributed by atoms with E-state index in [1.54, 1.807) is 0 Å². The predicted octanol–water partition coefficient (Wildman–Crippen LogP) is 3.25. The van der Waals surface area contributed by atoms with E-state index in [1.165, 1.54) is 6.42 Å². The first-order chi connectivity index (χ1) is 8.20. The first kappa shape index (κ1) is 14.2. The number of aliphatic carboxylic acids is 1. The fourth-order valence-corrected chi connectivity index (χ4v) is 2.13. The molecule has 0 amide bonds. The number of carboxylic acid groups (broad SMARTS) is 1. The number of hydrogen-bond donors (Lipinski definition) is 1. The molecule has 0 aromatic heterocycles. The van der Waals surface area contributed by atoms with Crippen LogP contribution in [-0.4, -0.2) is 24.3 Å². The Morgan fingerprint density at radius 3 is 2.76 bits per heavy atom. The summed E-state index contributed by atoms with van der Waals surface area (Å²) < 4.78 is 5.67. The van der Waals surface area contributed by atoms with Crippen molar-refractivity contribution < 1.29 is 14.6 Å². The molecule has 0 aromatic carbocycles. The van der Waals surface area contributed by atoms with E-state index in [-0.39, 0.29) is 6.42 Å². The summed E-state index contributed by atoms with van der Waals surface area (Å²) in [5, 5.41) is 8.48. The lowest BCUT2D eigenvalue weighted by atomic mass is 9.85. The number of carboxylic acids is 1. The molecule has 2 atom stereocenters. The molecule has 0 heterocycles. The first-order valence-corrected chi connectivity index (χ1v) is 6.64. The summed E-state index contributed by atoms with van der Waals surface area (Å²) >= 11 is 0. The third-order valence-electron chi connectivity index (χ3n) is 3.43. The maximum absolute atomic E-state index is 10.3. The van der Waals surface area contributed by atoms with Gasteiger partial charge >= 0.3 is 5.97 Å². The average Bonchev–Trinajstić information content (AvgIpc) is 2.30. The maximum atomic E-state index is 10.3. The van der Waals surface area contributed by atoms with Gasteiger partial charge in [0.25, 0.3) is 0 Å². The molecule has 0 aromatic rings. The van der Waals surface area contributed by atoms with Crippen molar-refractivity contribution in [2.75, 3.05) is 13.2 Å². The van der Waals surface area contributed by atoms with Crippen molar-refractivity contribution in [2.45, 2.75) is 45.4 Å². The van der Waals surface area contributed by atoms with Crippen molar-refractivity contribution in [3.05, 3.63) is 12.2 Å². The Kier molecular flexibility index (Phi) is 6.94. The summed E-state index contributed by atoms with van der Waals surface area (Å²) in [5.74, 6) is 0.694. The van der Waals surface area contributed by atoms with Gasteiger partial charge in [-0.1, -0.05) is 25.5 Å². The van der Waals surface area contributed by atoms with Crippen LogP contribution in [0.1, 0.15) is 45.4 Å². The van der Waals surface area contributed by atoms with Crippen LogP contribution in [0.4, 0.5) is 0 Å². The van der Waals surface area contributed by atoms with Gasteiger partial charge in [0.1, 0.15) is 0 Å². The highest BCUT2D eigenvalue weighted by Crippen LogP contribution is 2.25. The van der Waals surface area contributed by atoms with Crippen LogP contribution in [0.2, 0.25) is 0 Å². The summed E-state index contributed by atoms with van der Waals surface area (Å²) in [4.78, 5) is 10.3. The van der Waals surface area contributed by atoms with E-state index in [4.69, 9.17) is 9.84 Å². The van der Waals surface area contributed by atoms with Crippen molar-refractivity contribution >= 4 is 5.97 Å². The van der Waals surface area contributed by atoms with Crippen molar-refractivity contribution in [1.82, 2.24) is 0 Å². The summed E-state index contributed by atoms with van der Waals surface area (Å²) in [6.45, 7) is 3.90. The molecule has 3 heteroatoms. The van der Waals surface area contributed by atoms with Crippen LogP contribution in [0.5, 0.6) is 0 Å². The molecule has 0 saturated heterocycles. The number of hydrogen-bond acceptors (Lipinski definition) is 2. The number of unbranched alkanes of at least 4 members (excludes halogenated alkanes) is 2. The van der Waals surface area contributed by atoms with Crippen molar-refractivity contribution in [3.63, 3.8) is 0 Å². The minimum absolute atomic E-state index is 0.282. The molecule has 3 nitrogen and oxygen atoms in total. The Morgan fingerprint density at radius 1 is 1.29 bits per heavy atom. The van der Waals surface area contributed by atoms with E-state index in [9.17, 15) is 4.79 Å². The van der Waals surface area contributed by atoms with Gasteiger partial charge in [-0.2, -0.15) is 0 Å². The Bertz CT molecular complexity index is 248. The van der Waals surface area contributed by atoms with Gasteiger partial charge in [0.05, 0.1) is 0 Å². The SMILES string of the molecule is CC1CC=CCC1COCCCCCC(=O)O. The van der Waals surface area contributed by atoms with Crippen LogP contribution in [0.15, 0.2) is 12.2 Å². The minimum Gasteiger partial charge on any atom is -0.481 e. The highest BCUT2D eigenvalue weighted by atomic mass is 16.5. The fourth-order valence-electron chi connectivity index (χ4n) is 2.13. The van der Waals surface area contributed by atoms with Gasteiger partial charge in [-0.15, -0.1) is 0 Å². The first-order valence-electron chi connectivity index (χ1n) is 6.64. The summed E-state index contributed by atoms with van der Waals surface area (Å²) in [5.41, 5.74) is 0. The Labute approximate surface area is 104 Å². The zero-order chi connectivity index (χ0) is 12.5. The standard InChI is InChI=1S/C14H24O3/c1-12-7-4-5-8-13(12)11-17-10-6-2-3-9-14(15)16/h4-5,12-13H,2-3,6-11H2,1H3,(H,15,16). The van der Waals surface area contributed by atoms with E-state index in [0.29, 0.717) is 5.92 Å². The molecule has 0 bridgehead atoms. The van der Waals surface area contributed by atoms with Crippen LogP contribution in [0, 0.1) is 11.8 Å². The zero-order valence-electron chi connectivity index (χ0n) is 10.7. The minimum atomic E-state index is -0.700. The van der Waals surface area contributed by atoms with Crippen molar-refractivity contribution in [1.29, 1.82) is 0 Å². The lowest BCUT2D eigenvalue weighted by Gasteiger charge is -2.24. The van der Waals surface area contributed by atoms with Gasteiger partial charge in [-0.3, -0.25) is 4.79 Å². The Hall–Kier alpha value is -0.830. The lowest BCUT2D eigenvalue weighted by Crippen LogP contribution is -2.19. The summed E-state index contributed by atoms with van der Waals surface area (Å²) in [6.07, 6.45) is 9.79. The topological polar surface area (TPSA) is 46.5 Å². The molecular formula is C14H24O3. The lowest BCUT2D eigenvalue weighted by molar-refractivity contribution is -0.137. The third-order valence-corrected chi connectivity index (χ3v) is 3.43. The van der Waals surface area contributed by atoms with E-state index in [2.05, 4.69) is 19.1 Å². The molecule has 0 aliphatic heterocycles. The van der Waals surface area contributed by atoms with E-state index >= 15 is 0 Å². The second-order valence-corrected chi connectivity index (χ2v) is 4.96. The number of carbonyl (C=O) groups is 1. The largest absolute Gasteiger partial charge is 0.481 e. The second kappa shape index (κ2) is 8.29. The van der Waals surface area contributed by atoms with E-state index in [1.807, 2.05) is 0 Å². The molecule has 0 fully saturated rings. The zero-order valence-corrected chi connectivity index (χ0v) is 10.7. The molecule has 98 valence electrons. The van der Waals surface area contributed by atoms with E-state index < -0.39 is 5.97 Å². The van der Waals surface area contributed by atoms with Gasteiger partial charge < -0.3 is 9.84 Å². The highest BCUT2D eigenvalue weighted by molar-refractivity contribution is 5.66. The van der Waals surface area contributed by atoms with E-state index in [0.717, 1.165) is 44.8 Å². The van der Waals surface area contributed by atoms with Crippen LogP contribution < -0.4 is 0 Å². The monoisotopic (exact) mass is 240 g/mol. The number of ether oxygens (including phenoxy) is 1. The fraction of sp³-hybridized carbons (Fsp3) is 0.786. The smallest absolute Gasteiger partial charge is 0.303 e. The molecule has 0 saturated carbocycles. The van der Waals surface area contributed by atoms with Crippen molar-refractivity contribution in [3.8, 4) is 0 Å². The van der Waals surface area contributed by atoms with Gasteiger partial charge in [-0.25, -0.2) is 0 Å². The molecule has 1 aliphatic rings. The average molecular weight is 240 g/mol. The van der Waals surface area contributed by atoms with Crippen LogP contribution in [0.3, 0.4) is 0 Å². The molecule has 17 heavy (non-hydrogen) atoms. The molecule has 2 unspecified atom stereocenters. The second-order valence-electron chi connectivity index (χ2n) is 4.96. The predicted molar refractivity (Wildman–Crippen MR) is 68.0 cm³/mol. The molecule has 1 N–H and O–H groups in total. The molecular weight excluding hydrogens is 216 g/mol. The molecule has 0 spiro atoms. The van der Waals surface area contributed by atoms with Gasteiger partial charge in [0.2, 0.25) is 0 Å². The Morgan fingerprint density at radius 2 is 2.06 bits per heavy atom. The van der Waals surface area contributed by atoms with Crippen LogP contribution in [0.25, 0.3) is 0 Å². The van der Waals surface area contributed by atoms with Crippen LogP contribution in [-0.2, 0) is 9.53 Å². The number of rotatable bonds is 8. The highest BCUT2D eigenvalue weighted by Gasteiger charge is 2.17. The van der Waals surface area contributed by atoms with Gasteiger partial charge in [-0.05, 0) is 37.5 Å². The van der Waals surface area contributed by atoms with Crippen LogP contribution >= 0.6 is 0 Å². The normalized spacial score (nSPS) is 23.8. The quantitative estimate of drug-likeness (QED) is 0.523. The van der Waals surface area contributed by atoms with Gasteiger partial charge in [0.15, 0.2) is 0 Å². The van der Waals surface area contributed by atoms with Crippen molar-refractivity contribution in [2.24, 2.45) is 11.8 Å².